The molecule has 5 rings (SSSR count). The summed E-state index contributed by atoms with van der Waals surface area (Å²) in [6, 6.07) is 5.11. The first-order valence-corrected chi connectivity index (χ1v) is 13.4. The molecule has 2 fully saturated rings. The van der Waals surface area contributed by atoms with Crippen LogP contribution in [0, 0.1) is 0 Å². The molecule has 0 radical (unpaired) electrons. The fraction of sp³-hybridized carbons (Fsp3) is 0.393. The van der Waals surface area contributed by atoms with Crippen LogP contribution in [-0.4, -0.2) is 81.2 Å². The maximum atomic E-state index is 11.9. The van der Waals surface area contributed by atoms with E-state index in [9.17, 15) is 4.79 Å². The Morgan fingerprint density at radius 1 is 1.12 bits per heavy atom. The molecule has 1 amide bonds. The number of amides is 1. The van der Waals surface area contributed by atoms with Crippen molar-refractivity contribution < 1.29 is 23.7 Å². The van der Waals surface area contributed by atoms with Crippen LogP contribution in [0.5, 0.6) is 11.5 Å². The van der Waals surface area contributed by atoms with Crippen molar-refractivity contribution in [2.75, 3.05) is 57.8 Å². The highest BCUT2D eigenvalue weighted by Gasteiger charge is 2.40. The molecule has 40 heavy (non-hydrogen) atoms. The highest BCUT2D eigenvalue weighted by molar-refractivity contribution is 6.41. The van der Waals surface area contributed by atoms with Crippen LogP contribution in [0.3, 0.4) is 0 Å². The lowest BCUT2D eigenvalue weighted by molar-refractivity contribution is -0.117. The number of carbonyl (C=O) groups is 1. The van der Waals surface area contributed by atoms with E-state index >= 15 is 0 Å². The number of hydrogen-bond donors (Lipinski definition) is 2. The van der Waals surface area contributed by atoms with Crippen LogP contribution >= 0.6 is 23.2 Å². The van der Waals surface area contributed by atoms with Gasteiger partial charge in [0.05, 0.1) is 60.9 Å². The van der Waals surface area contributed by atoms with E-state index < -0.39 is 0 Å². The lowest BCUT2D eigenvalue weighted by atomic mass is 9.95. The summed E-state index contributed by atoms with van der Waals surface area (Å²) >= 11 is 13.5. The average Bonchev–Trinajstić information content (AvgIpc) is 3.37. The Hall–Kier alpha value is -3.31. The molecule has 2 atom stereocenters. The van der Waals surface area contributed by atoms with Crippen LogP contribution < -0.4 is 25.0 Å². The third-order valence-electron chi connectivity index (χ3n) is 7.29. The number of halogens is 2. The number of pyridine rings is 2. The molecule has 2 aliphatic rings. The summed E-state index contributed by atoms with van der Waals surface area (Å²) in [6.45, 7) is 7.71. The molecular formula is C28H31Cl2N5O5. The molecule has 2 saturated heterocycles. The van der Waals surface area contributed by atoms with Crippen molar-refractivity contribution in [3.63, 3.8) is 0 Å². The van der Waals surface area contributed by atoms with Crippen LogP contribution in [-0.2, 0) is 14.3 Å². The summed E-state index contributed by atoms with van der Waals surface area (Å²) < 4.78 is 22.2. The number of methoxy groups -OCH3 is 3. The molecular weight excluding hydrogens is 557 g/mol. The highest BCUT2D eigenvalue weighted by Crippen LogP contribution is 2.47. The van der Waals surface area contributed by atoms with Gasteiger partial charge < -0.3 is 34.5 Å². The van der Waals surface area contributed by atoms with Gasteiger partial charge in [-0.1, -0.05) is 29.8 Å². The number of aromatic nitrogens is 2. The third-order valence-corrected chi connectivity index (χ3v) is 8.04. The number of nitrogens with zero attached hydrogens (tertiary/aromatic N) is 3. The van der Waals surface area contributed by atoms with Gasteiger partial charge in [-0.05, 0) is 25.1 Å². The molecule has 0 spiro atoms. The predicted octanol–water partition coefficient (Wildman–Crippen LogP) is 4.33. The minimum absolute atomic E-state index is 0.160. The highest BCUT2D eigenvalue weighted by atomic mass is 35.5. The van der Waals surface area contributed by atoms with Crippen molar-refractivity contribution in [3.05, 3.63) is 47.1 Å². The first-order chi connectivity index (χ1) is 19.2. The topological polar surface area (TPSA) is 107 Å². The average molecular weight is 588 g/mol. The molecule has 3 aromatic rings. The second-order valence-corrected chi connectivity index (χ2v) is 10.8. The van der Waals surface area contributed by atoms with Gasteiger partial charge in [0.25, 0.3) is 0 Å². The van der Waals surface area contributed by atoms with E-state index in [0.717, 1.165) is 16.6 Å². The molecule has 0 bridgehead atoms. The van der Waals surface area contributed by atoms with Crippen LogP contribution in [0.2, 0.25) is 10.0 Å². The van der Waals surface area contributed by atoms with Gasteiger partial charge in [0, 0.05) is 48.8 Å². The molecule has 10 nitrogen and oxygen atoms in total. The lowest BCUT2D eigenvalue weighted by Gasteiger charge is -2.47. The van der Waals surface area contributed by atoms with Crippen molar-refractivity contribution in [2.45, 2.75) is 24.6 Å². The summed E-state index contributed by atoms with van der Waals surface area (Å²) in [5.41, 5.74) is 0.771. The smallest absolute Gasteiger partial charge is 0.243 e. The molecule has 2 aromatic heterocycles. The zero-order valence-corrected chi connectivity index (χ0v) is 24.2. The lowest BCUT2D eigenvalue weighted by Crippen LogP contribution is -2.61. The van der Waals surface area contributed by atoms with Gasteiger partial charge in [-0.25, -0.2) is 9.97 Å². The summed E-state index contributed by atoms with van der Waals surface area (Å²) in [6.07, 6.45) is 3.02. The van der Waals surface area contributed by atoms with E-state index in [0.29, 0.717) is 64.9 Å². The Kier molecular flexibility index (Phi) is 7.96. The Labute approximate surface area is 242 Å². The maximum Gasteiger partial charge on any atom is 0.243 e. The molecule has 2 N–H and O–H groups in total. The fourth-order valence-electron chi connectivity index (χ4n) is 5.00. The molecule has 12 heteroatoms. The molecule has 1 aromatic carbocycles. The fourth-order valence-corrected chi connectivity index (χ4v) is 5.69. The van der Waals surface area contributed by atoms with Crippen LogP contribution in [0.25, 0.3) is 22.0 Å². The second kappa shape index (κ2) is 11.3. The molecule has 0 aliphatic carbocycles. The number of anilines is 2. The van der Waals surface area contributed by atoms with E-state index in [1.807, 2.05) is 12.1 Å². The monoisotopic (exact) mass is 587 g/mol. The van der Waals surface area contributed by atoms with Gasteiger partial charge in [0.2, 0.25) is 5.91 Å². The van der Waals surface area contributed by atoms with Crippen molar-refractivity contribution in [1.29, 1.82) is 0 Å². The van der Waals surface area contributed by atoms with E-state index in [4.69, 9.17) is 47.1 Å². The number of hydrogen-bond acceptors (Lipinski definition) is 9. The standard InChI is InChI=1S/C28H31Cl2N5O5/c1-6-23(36)33-19-12-40-11-18(19)32-22-8-16-15(10-31-22)7-17(34-27(16)35-13-28(2,14-35)39-5)24-25(29)20(37-3)9-21(38-4)26(24)30/h6-10,18-19H,1,11-14H2,2-5H3,(H,31,32)(H,33,36)/t18-,19+/m1/s1. The second-order valence-electron chi connectivity index (χ2n) is 10.0. The van der Waals surface area contributed by atoms with Crippen molar-refractivity contribution in [2.24, 2.45) is 0 Å². The normalized spacial score (nSPS) is 19.7. The minimum Gasteiger partial charge on any atom is -0.495 e. The Balaban J connectivity index is 1.58. The third kappa shape index (κ3) is 5.24. The number of fused-ring (bicyclic) bond motifs is 1. The molecule has 212 valence electrons. The van der Waals surface area contributed by atoms with E-state index in [2.05, 4.69) is 34.0 Å². The summed E-state index contributed by atoms with van der Waals surface area (Å²) in [4.78, 5) is 23.7. The van der Waals surface area contributed by atoms with Gasteiger partial charge in [-0.15, -0.1) is 0 Å². The number of carbonyl (C=O) groups excluding carboxylic acids is 1. The predicted molar refractivity (Wildman–Crippen MR) is 156 cm³/mol. The molecule has 2 aliphatic heterocycles. The van der Waals surface area contributed by atoms with Gasteiger partial charge >= 0.3 is 0 Å². The minimum atomic E-state index is -0.287. The number of benzene rings is 1. The number of rotatable bonds is 9. The van der Waals surface area contributed by atoms with Crippen molar-refractivity contribution >= 4 is 51.5 Å². The number of nitrogens with one attached hydrogen (secondary N) is 2. The number of ether oxygens (including phenoxy) is 4. The SMILES string of the molecule is C=CC(=O)N[C@H]1COC[C@H]1Nc1cc2c(N3CC(C)(OC)C3)nc(-c3c(Cl)c(OC)cc(OC)c3Cl)cc2cn1. The van der Waals surface area contributed by atoms with Crippen molar-refractivity contribution in [1.82, 2.24) is 15.3 Å². The van der Waals surface area contributed by atoms with E-state index in [1.54, 1.807) is 19.4 Å². The summed E-state index contributed by atoms with van der Waals surface area (Å²) in [7, 11) is 4.77. The maximum absolute atomic E-state index is 11.9. The zero-order chi connectivity index (χ0) is 28.6. The molecule has 0 unspecified atom stereocenters. The van der Waals surface area contributed by atoms with Crippen LogP contribution in [0.1, 0.15) is 6.92 Å². The van der Waals surface area contributed by atoms with Crippen LogP contribution in [0.4, 0.5) is 11.6 Å². The van der Waals surface area contributed by atoms with Gasteiger partial charge in [0.1, 0.15) is 23.1 Å². The van der Waals surface area contributed by atoms with Gasteiger partial charge in [-0.2, -0.15) is 0 Å². The van der Waals surface area contributed by atoms with Gasteiger partial charge in [-0.3, -0.25) is 4.79 Å². The molecule has 4 heterocycles. The molecule has 0 saturated carbocycles. The summed E-state index contributed by atoms with van der Waals surface area (Å²) in [5.74, 6) is 1.96. The van der Waals surface area contributed by atoms with E-state index in [-0.39, 0.29) is 23.6 Å². The largest absolute Gasteiger partial charge is 0.495 e. The van der Waals surface area contributed by atoms with E-state index in [1.165, 1.54) is 20.3 Å². The Morgan fingerprint density at radius 2 is 1.80 bits per heavy atom. The Morgan fingerprint density at radius 3 is 2.42 bits per heavy atom. The quantitative estimate of drug-likeness (QED) is 0.354. The van der Waals surface area contributed by atoms with Gasteiger partial charge in [0.15, 0.2) is 0 Å². The zero-order valence-electron chi connectivity index (χ0n) is 22.7. The van der Waals surface area contributed by atoms with Crippen LogP contribution in [0.15, 0.2) is 37.1 Å². The first kappa shape index (κ1) is 28.2. The Bertz CT molecular complexity index is 1430. The first-order valence-electron chi connectivity index (χ1n) is 12.7. The van der Waals surface area contributed by atoms with Crippen molar-refractivity contribution in [3.8, 4) is 22.8 Å². The summed E-state index contributed by atoms with van der Waals surface area (Å²) in [5, 5.41) is 8.69.